The molecule has 0 aliphatic rings. The molecule has 0 saturated heterocycles. The Kier molecular flexibility index (Phi) is 2.05. The van der Waals surface area contributed by atoms with Crippen LogP contribution in [0.1, 0.15) is 10.4 Å². The Bertz CT molecular complexity index is 230. The van der Waals surface area contributed by atoms with Crippen LogP contribution in [0.15, 0.2) is 18.2 Å². The number of carbonyl (C=O) groups excluding carboxylic acids is 1. The number of hydrogen-bond acceptors (Lipinski definition) is 2. The van der Waals surface area contributed by atoms with Crippen molar-refractivity contribution in [2.75, 3.05) is 7.11 Å². The molecule has 0 bridgehead atoms. The van der Waals surface area contributed by atoms with Crippen molar-refractivity contribution >= 4 is 6.29 Å². The van der Waals surface area contributed by atoms with Gasteiger partial charge in [-0.05, 0) is 18.2 Å². The Morgan fingerprint density at radius 1 is 1.70 bits per heavy atom. The van der Waals surface area contributed by atoms with Crippen molar-refractivity contribution in [2.45, 2.75) is 0 Å². The fourth-order valence-corrected chi connectivity index (χ4v) is 0.701. The second-order valence-corrected chi connectivity index (χ2v) is 1.79. The molecule has 10 heavy (non-hydrogen) atoms. The lowest BCUT2D eigenvalue weighted by molar-refractivity contribution is 0.112. The van der Waals surface area contributed by atoms with Gasteiger partial charge in [-0.25, -0.2) is 0 Å². The Labute approximate surface area is 59.4 Å². The predicted octanol–water partition coefficient (Wildman–Crippen LogP) is 1.31. The van der Waals surface area contributed by atoms with Gasteiger partial charge in [-0.3, -0.25) is 4.79 Å². The fraction of sp³-hybridized carbons (Fsp3) is 0.125. The van der Waals surface area contributed by atoms with Crippen molar-refractivity contribution in [2.24, 2.45) is 0 Å². The first kappa shape index (κ1) is 6.81. The van der Waals surface area contributed by atoms with Crippen molar-refractivity contribution < 1.29 is 9.53 Å². The van der Waals surface area contributed by atoms with Crippen molar-refractivity contribution in [3.05, 3.63) is 29.8 Å². The highest BCUT2D eigenvalue weighted by Gasteiger charge is 1.96. The summed E-state index contributed by atoms with van der Waals surface area (Å²) in [5.41, 5.74) is 0.557. The number of carbonyl (C=O) groups is 1. The predicted molar refractivity (Wildman–Crippen MR) is 37.2 cm³/mol. The lowest BCUT2D eigenvalue weighted by atomic mass is 10.2. The van der Waals surface area contributed by atoms with Gasteiger partial charge in [0.15, 0.2) is 6.29 Å². The smallest absolute Gasteiger partial charge is 0.153 e. The standard InChI is InChI=1S/C8H7O2/c1-10-8-5-3-2-4-7(8)6-9/h2,4-6H,1H3. The maximum atomic E-state index is 10.3. The van der Waals surface area contributed by atoms with Crippen LogP contribution in [0.25, 0.3) is 0 Å². The van der Waals surface area contributed by atoms with Crippen LogP contribution in [0.5, 0.6) is 5.75 Å². The summed E-state index contributed by atoms with van der Waals surface area (Å²) in [4.78, 5) is 10.3. The number of aldehydes is 1. The minimum absolute atomic E-state index is 0.557. The number of methoxy groups -OCH3 is 1. The molecule has 1 rings (SSSR count). The van der Waals surface area contributed by atoms with E-state index in [4.69, 9.17) is 4.74 Å². The van der Waals surface area contributed by atoms with Gasteiger partial charge in [0.2, 0.25) is 0 Å². The van der Waals surface area contributed by atoms with Crippen molar-refractivity contribution in [1.82, 2.24) is 0 Å². The molecular formula is C8H7O2. The van der Waals surface area contributed by atoms with E-state index in [9.17, 15) is 4.79 Å². The number of ether oxygens (including phenoxy) is 1. The summed E-state index contributed by atoms with van der Waals surface area (Å²) in [6.45, 7) is 0. The second-order valence-electron chi connectivity index (χ2n) is 1.79. The Morgan fingerprint density at radius 2 is 2.50 bits per heavy atom. The van der Waals surface area contributed by atoms with E-state index in [-0.39, 0.29) is 0 Å². The van der Waals surface area contributed by atoms with Crippen LogP contribution in [-0.2, 0) is 0 Å². The molecule has 51 valence electrons. The molecule has 0 aromatic heterocycles. The molecule has 0 fully saturated rings. The summed E-state index contributed by atoms with van der Waals surface area (Å²) in [6.07, 6.45) is 0.757. The topological polar surface area (TPSA) is 26.3 Å². The molecule has 0 saturated carbocycles. The van der Waals surface area contributed by atoms with E-state index in [2.05, 4.69) is 6.07 Å². The molecule has 1 aromatic rings. The summed E-state index contributed by atoms with van der Waals surface area (Å²) >= 11 is 0. The summed E-state index contributed by atoms with van der Waals surface area (Å²) in [5.74, 6) is 0.567. The molecule has 2 nitrogen and oxygen atoms in total. The molecule has 0 spiro atoms. The first-order valence-electron chi connectivity index (χ1n) is 2.87. The zero-order chi connectivity index (χ0) is 7.40. The largest absolute Gasteiger partial charge is 0.496 e. The van der Waals surface area contributed by atoms with Gasteiger partial charge in [-0.2, -0.15) is 0 Å². The quantitative estimate of drug-likeness (QED) is 0.571. The Hall–Kier alpha value is -1.31. The minimum atomic E-state index is 0.557. The lowest BCUT2D eigenvalue weighted by Crippen LogP contribution is -1.88. The molecule has 0 aliphatic carbocycles. The third kappa shape index (κ3) is 1.16. The Morgan fingerprint density at radius 3 is 3.00 bits per heavy atom. The molecule has 1 aromatic carbocycles. The maximum Gasteiger partial charge on any atom is 0.153 e. The lowest BCUT2D eigenvalue weighted by Gasteiger charge is -1.99. The first-order valence-corrected chi connectivity index (χ1v) is 2.87. The first-order chi connectivity index (χ1) is 4.88. The van der Waals surface area contributed by atoms with Crippen molar-refractivity contribution in [3.8, 4) is 5.75 Å². The van der Waals surface area contributed by atoms with Crippen molar-refractivity contribution in [3.63, 3.8) is 0 Å². The average molecular weight is 135 g/mol. The fourth-order valence-electron chi connectivity index (χ4n) is 0.701. The zero-order valence-corrected chi connectivity index (χ0v) is 5.63. The van der Waals surface area contributed by atoms with Crippen LogP contribution < -0.4 is 4.74 Å². The van der Waals surface area contributed by atoms with Gasteiger partial charge in [0.1, 0.15) is 5.75 Å². The summed E-state index contributed by atoms with van der Waals surface area (Å²) in [7, 11) is 1.52. The van der Waals surface area contributed by atoms with E-state index < -0.39 is 0 Å². The second kappa shape index (κ2) is 3.01. The Balaban J connectivity index is 3.08. The highest BCUT2D eigenvalue weighted by Crippen LogP contribution is 2.13. The van der Waals surface area contributed by atoms with Crippen LogP contribution in [-0.4, -0.2) is 13.4 Å². The minimum Gasteiger partial charge on any atom is -0.496 e. The normalized spacial score (nSPS) is 8.90. The van der Waals surface area contributed by atoms with Gasteiger partial charge < -0.3 is 4.74 Å². The molecule has 0 heterocycles. The van der Waals surface area contributed by atoms with Gasteiger partial charge in [-0.1, -0.05) is 6.07 Å². The van der Waals surface area contributed by atoms with E-state index >= 15 is 0 Å². The molecule has 2 heteroatoms. The SMILES string of the molecule is COc1c[c]ccc1C=O. The van der Waals surface area contributed by atoms with Gasteiger partial charge >= 0.3 is 0 Å². The molecule has 0 unspecified atom stereocenters. The van der Waals surface area contributed by atoms with E-state index in [1.807, 2.05) is 0 Å². The van der Waals surface area contributed by atoms with Crippen LogP contribution in [0.3, 0.4) is 0 Å². The van der Waals surface area contributed by atoms with Crippen molar-refractivity contribution in [1.29, 1.82) is 0 Å². The van der Waals surface area contributed by atoms with Gasteiger partial charge in [-0.15, -0.1) is 0 Å². The van der Waals surface area contributed by atoms with Gasteiger partial charge in [0.05, 0.1) is 12.7 Å². The summed E-state index contributed by atoms with van der Waals surface area (Å²) in [6, 6.07) is 7.76. The molecular weight excluding hydrogens is 128 g/mol. The van der Waals surface area contributed by atoms with Crippen LogP contribution in [0.4, 0.5) is 0 Å². The maximum absolute atomic E-state index is 10.3. The average Bonchev–Trinajstić information content (AvgIpc) is 2.04. The van der Waals surface area contributed by atoms with E-state index in [0.29, 0.717) is 11.3 Å². The third-order valence-electron chi connectivity index (χ3n) is 1.20. The third-order valence-corrected chi connectivity index (χ3v) is 1.20. The van der Waals surface area contributed by atoms with E-state index in [1.54, 1.807) is 18.2 Å². The molecule has 1 radical (unpaired) electrons. The molecule has 0 atom stereocenters. The monoisotopic (exact) mass is 135 g/mol. The highest BCUT2D eigenvalue weighted by molar-refractivity contribution is 5.78. The van der Waals surface area contributed by atoms with Crippen LogP contribution in [0, 0.1) is 6.07 Å². The molecule has 0 N–H and O–H groups in total. The number of rotatable bonds is 2. The molecule has 0 amide bonds. The zero-order valence-electron chi connectivity index (χ0n) is 5.63. The van der Waals surface area contributed by atoms with E-state index in [0.717, 1.165) is 6.29 Å². The van der Waals surface area contributed by atoms with E-state index in [1.165, 1.54) is 7.11 Å². The van der Waals surface area contributed by atoms with Crippen LogP contribution >= 0.6 is 0 Å². The molecule has 0 aliphatic heterocycles. The van der Waals surface area contributed by atoms with Gasteiger partial charge in [0, 0.05) is 0 Å². The summed E-state index contributed by atoms with van der Waals surface area (Å²) < 4.78 is 4.87. The number of hydrogen-bond donors (Lipinski definition) is 0. The van der Waals surface area contributed by atoms with Crippen LogP contribution in [0.2, 0.25) is 0 Å². The summed E-state index contributed by atoms with van der Waals surface area (Å²) in [5, 5.41) is 0. The van der Waals surface area contributed by atoms with Gasteiger partial charge in [0.25, 0.3) is 0 Å². The number of benzene rings is 1. The highest BCUT2D eigenvalue weighted by atomic mass is 16.5.